The first-order chi connectivity index (χ1) is 10.4. The zero-order valence-electron chi connectivity index (χ0n) is 12.4. The molecule has 0 aromatic heterocycles. The van der Waals surface area contributed by atoms with Gasteiger partial charge in [0.1, 0.15) is 5.75 Å². The lowest BCUT2D eigenvalue weighted by Crippen LogP contribution is -2.23. The Bertz CT molecular complexity index is 784. The zero-order chi connectivity index (χ0) is 16.2. The quantitative estimate of drug-likeness (QED) is 0.915. The van der Waals surface area contributed by atoms with Crippen molar-refractivity contribution in [3.05, 3.63) is 59.7 Å². The van der Waals surface area contributed by atoms with Crippen molar-refractivity contribution < 1.29 is 17.9 Å². The normalized spacial score (nSPS) is 11.0. The van der Waals surface area contributed by atoms with Crippen LogP contribution in [-0.4, -0.2) is 27.7 Å². The highest BCUT2D eigenvalue weighted by Gasteiger charge is 2.11. The average Bonchev–Trinajstić information content (AvgIpc) is 2.52. The molecule has 1 amide bonds. The van der Waals surface area contributed by atoms with E-state index in [0.29, 0.717) is 17.9 Å². The molecule has 6 heteroatoms. The molecule has 0 fully saturated rings. The van der Waals surface area contributed by atoms with Gasteiger partial charge < -0.3 is 10.1 Å². The van der Waals surface area contributed by atoms with Crippen LogP contribution in [0.5, 0.6) is 5.75 Å². The molecule has 0 aliphatic carbocycles. The van der Waals surface area contributed by atoms with Crippen molar-refractivity contribution in [2.24, 2.45) is 0 Å². The number of amides is 1. The Morgan fingerprint density at radius 2 is 1.86 bits per heavy atom. The minimum Gasteiger partial charge on any atom is -0.497 e. The summed E-state index contributed by atoms with van der Waals surface area (Å²) < 4.78 is 28.1. The first-order valence-corrected chi connectivity index (χ1v) is 8.50. The van der Waals surface area contributed by atoms with Crippen LogP contribution in [0.2, 0.25) is 0 Å². The van der Waals surface area contributed by atoms with Crippen molar-refractivity contribution in [1.29, 1.82) is 0 Å². The second kappa shape index (κ2) is 6.62. The van der Waals surface area contributed by atoms with E-state index in [-0.39, 0.29) is 10.8 Å². The van der Waals surface area contributed by atoms with Crippen molar-refractivity contribution in [2.45, 2.75) is 11.4 Å². The van der Waals surface area contributed by atoms with Gasteiger partial charge in [-0.15, -0.1) is 0 Å². The first-order valence-electron chi connectivity index (χ1n) is 6.61. The second-order valence-corrected chi connectivity index (χ2v) is 6.85. The molecular formula is C16H17NO4S. The maximum atomic E-state index is 12.1. The van der Waals surface area contributed by atoms with Crippen LogP contribution >= 0.6 is 0 Å². The minimum atomic E-state index is -3.33. The Hall–Kier alpha value is -2.34. The molecule has 2 aromatic carbocycles. The molecule has 1 N–H and O–H groups in total. The number of rotatable bonds is 5. The topological polar surface area (TPSA) is 72.5 Å². The van der Waals surface area contributed by atoms with Gasteiger partial charge in [-0.1, -0.05) is 18.2 Å². The van der Waals surface area contributed by atoms with Gasteiger partial charge in [0.05, 0.1) is 12.0 Å². The minimum absolute atomic E-state index is 0.126. The number of hydrogen-bond acceptors (Lipinski definition) is 4. The fraction of sp³-hybridized carbons (Fsp3) is 0.188. The Balaban J connectivity index is 2.09. The summed E-state index contributed by atoms with van der Waals surface area (Å²) in [6, 6.07) is 13.3. The van der Waals surface area contributed by atoms with E-state index in [0.717, 1.165) is 11.8 Å². The van der Waals surface area contributed by atoms with E-state index in [9.17, 15) is 13.2 Å². The Kier molecular flexibility index (Phi) is 4.82. The van der Waals surface area contributed by atoms with Gasteiger partial charge in [-0.3, -0.25) is 4.79 Å². The summed E-state index contributed by atoms with van der Waals surface area (Å²) in [6.45, 7) is 0.332. The van der Waals surface area contributed by atoms with E-state index in [1.165, 1.54) is 12.1 Å². The summed E-state index contributed by atoms with van der Waals surface area (Å²) in [7, 11) is -1.75. The predicted octanol–water partition coefficient (Wildman–Crippen LogP) is 2.03. The number of sulfone groups is 1. The van der Waals surface area contributed by atoms with Gasteiger partial charge >= 0.3 is 0 Å². The van der Waals surface area contributed by atoms with Crippen molar-refractivity contribution in [1.82, 2.24) is 5.32 Å². The lowest BCUT2D eigenvalue weighted by Gasteiger charge is -2.08. The summed E-state index contributed by atoms with van der Waals surface area (Å²) in [6.07, 6.45) is 1.11. The SMILES string of the molecule is COc1cccc(CNC(=O)c2cccc(S(C)(=O)=O)c2)c1. The third kappa shape index (κ3) is 4.08. The molecule has 2 aromatic rings. The fourth-order valence-corrected chi connectivity index (χ4v) is 2.60. The predicted molar refractivity (Wildman–Crippen MR) is 83.7 cm³/mol. The Labute approximate surface area is 129 Å². The zero-order valence-corrected chi connectivity index (χ0v) is 13.2. The summed E-state index contributed by atoms with van der Waals surface area (Å²) in [5, 5.41) is 2.76. The molecule has 0 heterocycles. The molecule has 0 aliphatic rings. The Morgan fingerprint density at radius 3 is 2.55 bits per heavy atom. The average molecular weight is 319 g/mol. The lowest BCUT2D eigenvalue weighted by atomic mass is 10.2. The van der Waals surface area contributed by atoms with Gasteiger partial charge in [-0.25, -0.2) is 8.42 Å². The number of benzene rings is 2. The highest BCUT2D eigenvalue weighted by Crippen LogP contribution is 2.13. The van der Waals surface area contributed by atoms with E-state index < -0.39 is 9.84 Å². The molecule has 0 unspecified atom stereocenters. The molecular weight excluding hydrogens is 302 g/mol. The highest BCUT2D eigenvalue weighted by molar-refractivity contribution is 7.90. The van der Waals surface area contributed by atoms with Gasteiger partial charge in [0.2, 0.25) is 0 Å². The van der Waals surface area contributed by atoms with Crippen LogP contribution in [0.15, 0.2) is 53.4 Å². The number of carbonyl (C=O) groups is 1. The van der Waals surface area contributed by atoms with E-state index in [4.69, 9.17) is 4.74 Å². The van der Waals surface area contributed by atoms with Gasteiger partial charge in [-0.05, 0) is 35.9 Å². The number of ether oxygens (including phenoxy) is 1. The van der Waals surface area contributed by atoms with Crippen molar-refractivity contribution >= 4 is 15.7 Å². The third-order valence-corrected chi connectivity index (χ3v) is 4.22. The molecule has 0 atom stereocenters. The smallest absolute Gasteiger partial charge is 0.251 e. The van der Waals surface area contributed by atoms with Crippen LogP contribution < -0.4 is 10.1 Å². The molecule has 22 heavy (non-hydrogen) atoms. The maximum absolute atomic E-state index is 12.1. The van der Waals surface area contributed by atoms with Crippen molar-refractivity contribution in [2.75, 3.05) is 13.4 Å². The fourth-order valence-electron chi connectivity index (χ4n) is 1.93. The number of nitrogens with one attached hydrogen (secondary N) is 1. The summed E-state index contributed by atoms with van der Waals surface area (Å²) in [4.78, 5) is 12.2. The van der Waals surface area contributed by atoms with Crippen LogP contribution in [0, 0.1) is 0 Å². The second-order valence-electron chi connectivity index (χ2n) is 4.83. The van der Waals surface area contributed by atoms with E-state index in [1.54, 1.807) is 19.2 Å². The molecule has 0 spiro atoms. The van der Waals surface area contributed by atoms with Crippen molar-refractivity contribution in [3.8, 4) is 5.75 Å². The van der Waals surface area contributed by atoms with E-state index in [2.05, 4.69) is 5.32 Å². The van der Waals surface area contributed by atoms with Gasteiger partial charge in [0, 0.05) is 18.4 Å². The molecule has 0 saturated heterocycles. The van der Waals surface area contributed by atoms with Crippen molar-refractivity contribution in [3.63, 3.8) is 0 Å². The van der Waals surface area contributed by atoms with Crippen LogP contribution in [0.1, 0.15) is 15.9 Å². The van der Waals surface area contributed by atoms with Crippen LogP contribution in [0.4, 0.5) is 0 Å². The summed E-state index contributed by atoms with van der Waals surface area (Å²) in [5.74, 6) is 0.388. The van der Waals surface area contributed by atoms with Crippen LogP contribution in [-0.2, 0) is 16.4 Å². The standard InChI is InChI=1S/C16H17NO4S/c1-21-14-7-3-5-12(9-14)11-17-16(18)13-6-4-8-15(10-13)22(2,19)20/h3-10H,11H2,1-2H3,(H,17,18). The number of methoxy groups -OCH3 is 1. The lowest BCUT2D eigenvalue weighted by molar-refractivity contribution is 0.0950. The maximum Gasteiger partial charge on any atom is 0.251 e. The molecule has 0 radical (unpaired) electrons. The molecule has 0 aliphatic heterocycles. The van der Waals surface area contributed by atoms with E-state index in [1.807, 2.05) is 24.3 Å². The molecule has 0 bridgehead atoms. The van der Waals surface area contributed by atoms with E-state index >= 15 is 0 Å². The molecule has 5 nitrogen and oxygen atoms in total. The Morgan fingerprint density at radius 1 is 1.14 bits per heavy atom. The van der Waals surface area contributed by atoms with Gasteiger partial charge in [0.25, 0.3) is 5.91 Å². The number of hydrogen-bond donors (Lipinski definition) is 1. The summed E-state index contributed by atoms with van der Waals surface area (Å²) >= 11 is 0. The van der Waals surface area contributed by atoms with Crippen LogP contribution in [0.3, 0.4) is 0 Å². The largest absolute Gasteiger partial charge is 0.497 e. The summed E-state index contributed by atoms with van der Waals surface area (Å²) in [5.41, 5.74) is 1.21. The van der Waals surface area contributed by atoms with Gasteiger partial charge in [0.15, 0.2) is 9.84 Å². The first kappa shape index (κ1) is 16.0. The number of carbonyl (C=O) groups excluding carboxylic acids is 1. The third-order valence-electron chi connectivity index (χ3n) is 3.11. The molecule has 2 rings (SSSR count). The van der Waals surface area contributed by atoms with Gasteiger partial charge in [-0.2, -0.15) is 0 Å². The van der Waals surface area contributed by atoms with Crippen LogP contribution in [0.25, 0.3) is 0 Å². The highest BCUT2D eigenvalue weighted by atomic mass is 32.2. The monoisotopic (exact) mass is 319 g/mol. The molecule has 116 valence electrons. The molecule has 0 saturated carbocycles.